The van der Waals surface area contributed by atoms with Gasteiger partial charge in [0.25, 0.3) is 0 Å². The second-order valence-corrected chi connectivity index (χ2v) is 7.39. The van der Waals surface area contributed by atoms with E-state index in [9.17, 15) is 0 Å². The van der Waals surface area contributed by atoms with Crippen molar-refractivity contribution < 1.29 is 0 Å². The van der Waals surface area contributed by atoms with Gasteiger partial charge >= 0.3 is 0 Å². The van der Waals surface area contributed by atoms with Crippen LogP contribution in [0.15, 0.2) is 30.5 Å². The van der Waals surface area contributed by atoms with E-state index in [0.29, 0.717) is 0 Å². The van der Waals surface area contributed by atoms with Crippen LogP contribution >= 0.6 is 0 Å². The van der Waals surface area contributed by atoms with Crippen LogP contribution in [0.2, 0.25) is 0 Å². The quantitative estimate of drug-likeness (QED) is 0.555. The van der Waals surface area contributed by atoms with Crippen molar-refractivity contribution in [3.05, 3.63) is 52.8 Å². The Hall–Kier alpha value is -2.29. The number of hydrogen-bond donors (Lipinski definition) is 0. The fourth-order valence-electron chi connectivity index (χ4n) is 4.01. The summed E-state index contributed by atoms with van der Waals surface area (Å²) in [7, 11) is 0. The Labute approximate surface area is 157 Å². The molecule has 0 aliphatic heterocycles. The van der Waals surface area contributed by atoms with E-state index in [0.717, 1.165) is 24.4 Å². The zero-order valence-corrected chi connectivity index (χ0v) is 17.1. The topological polar surface area (TPSA) is 20.5 Å². The van der Waals surface area contributed by atoms with E-state index < -0.39 is 0 Å². The maximum absolute atomic E-state index is 4.91. The minimum Gasteiger partial charge on any atom is -0.358 e. The van der Waals surface area contributed by atoms with Gasteiger partial charge in [0.05, 0.1) is 0 Å². The Morgan fingerprint density at radius 2 is 1.69 bits per heavy atom. The monoisotopic (exact) mass is 349 g/mol. The Kier molecular flexibility index (Phi) is 5.36. The van der Waals surface area contributed by atoms with Crippen LogP contribution in [0.1, 0.15) is 49.1 Å². The lowest BCUT2D eigenvalue weighted by Gasteiger charge is -2.24. The molecule has 0 N–H and O–H groups in total. The molecule has 2 aromatic heterocycles. The molecule has 0 amide bonds. The average molecular weight is 350 g/mol. The van der Waals surface area contributed by atoms with E-state index in [-0.39, 0.29) is 0 Å². The lowest BCUT2D eigenvalue weighted by Crippen LogP contribution is -2.26. The lowest BCUT2D eigenvalue weighted by molar-refractivity contribution is 0.718. The first-order valence-corrected chi connectivity index (χ1v) is 9.78. The number of hydrogen-bond acceptors (Lipinski definition) is 2. The second-order valence-electron chi connectivity index (χ2n) is 7.39. The van der Waals surface area contributed by atoms with Crippen LogP contribution in [0, 0.1) is 27.7 Å². The van der Waals surface area contributed by atoms with E-state index in [2.05, 4.69) is 81.3 Å². The van der Waals surface area contributed by atoms with Crippen LogP contribution in [0.25, 0.3) is 16.8 Å². The van der Waals surface area contributed by atoms with Crippen molar-refractivity contribution in [1.82, 2.24) is 9.38 Å². The number of rotatable bonds is 6. The third-order valence-corrected chi connectivity index (χ3v) is 5.16. The highest BCUT2D eigenvalue weighted by Gasteiger charge is 2.16. The number of anilines is 1. The molecule has 0 aliphatic rings. The van der Waals surface area contributed by atoms with Gasteiger partial charge in [0.15, 0.2) is 0 Å². The molecule has 138 valence electrons. The number of aromatic nitrogens is 2. The molecule has 3 rings (SSSR count). The molecule has 0 radical (unpaired) electrons. The van der Waals surface area contributed by atoms with E-state index >= 15 is 0 Å². The van der Waals surface area contributed by atoms with Gasteiger partial charge in [0.1, 0.15) is 11.5 Å². The number of fused-ring (bicyclic) bond motifs is 1. The van der Waals surface area contributed by atoms with Gasteiger partial charge in [-0.05, 0) is 63.8 Å². The third kappa shape index (κ3) is 3.35. The summed E-state index contributed by atoms with van der Waals surface area (Å²) in [5.41, 5.74) is 8.64. The maximum Gasteiger partial charge on any atom is 0.146 e. The highest BCUT2D eigenvalue weighted by molar-refractivity contribution is 5.83. The minimum absolute atomic E-state index is 1.01. The Balaban J connectivity index is 2.20. The molecule has 0 spiro atoms. The van der Waals surface area contributed by atoms with Crippen LogP contribution in [-0.2, 0) is 0 Å². The van der Waals surface area contributed by atoms with Crippen molar-refractivity contribution in [2.24, 2.45) is 0 Å². The molecule has 1 aromatic carbocycles. The van der Waals surface area contributed by atoms with Gasteiger partial charge in [-0.25, -0.2) is 4.98 Å². The van der Waals surface area contributed by atoms with Crippen molar-refractivity contribution in [3.63, 3.8) is 0 Å². The first kappa shape index (κ1) is 18.5. The van der Waals surface area contributed by atoms with E-state index in [1.807, 2.05) is 0 Å². The molecule has 0 bridgehead atoms. The maximum atomic E-state index is 4.91. The number of aryl methyl sites for hydroxylation is 4. The molecule has 3 aromatic rings. The second kappa shape index (κ2) is 7.53. The van der Waals surface area contributed by atoms with Crippen molar-refractivity contribution in [1.29, 1.82) is 0 Å². The van der Waals surface area contributed by atoms with Crippen LogP contribution in [-0.4, -0.2) is 22.5 Å². The smallest absolute Gasteiger partial charge is 0.146 e. The Morgan fingerprint density at radius 3 is 2.31 bits per heavy atom. The lowest BCUT2D eigenvalue weighted by atomic mass is 9.95. The molecular weight excluding hydrogens is 318 g/mol. The molecule has 3 nitrogen and oxygen atoms in total. The summed E-state index contributed by atoms with van der Waals surface area (Å²) in [6, 6.07) is 8.97. The van der Waals surface area contributed by atoms with Gasteiger partial charge in [0, 0.05) is 36.6 Å². The van der Waals surface area contributed by atoms with Crippen LogP contribution in [0.3, 0.4) is 0 Å². The first-order valence-electron chi connectivity index (χ1n) is 9.78. The molecule has 0 saturated carbocycles. The molecule has 0 saturated heterocycles. The van der Waals surface area contributed by atoms with Crippen LogP contribution < -0.4 is 4.90 Å². The molecule has 2 heterocycles. The molecular formula is C23H31N3. The summed E-state index contributed by atoms with van der Waals surface area (Å²) in [5, 5.41) is 0. The normalized spacial score (nSPS) is 11.3. The molecule has 26 heavy (non-hydrogen) atoms. The molecule has 0 unspecified atom stereocenters. The number of nitrogens with zero attached hydrogens (tertiary/aromatic N) is 3. The SMILES string of the molecule is CCCCN(CC)c1cc(C)nc2c(-c3c(C)cc(C)cc3C)ccn12. The summed E-state index contributed by atoms with van der Waals surface area (Å²) >= 11 is 0. The Bertz CT molecular complexity index is 898. The highest BCUT2D eigenvalue weighted by Crippen LogP contribution is 2.33. The fraction of sp³-hybridized carbons (Fsp3) is 0.435. The fourth-order valence-corrected chi connectivity index (χ4v) is 4.01. The summed E-state index contributed by atoms with van der Waals surface area (Å²) in [6.07, 6.45) is 4.60. The minimum atomic E-state index is 1.01. The zero-order valence-electron chi connectivity index (χ0n) is 17.1. The van der Waals surface area contributed by atoms with Crippen LogP contribution in [0.4, 0.5) is 5.82 Å². The molecule has 0 atom stereocenters. The largest absolute Gasteiger partial charge is 0.358 e. The molecule has 0 aliphatic carbocycles. The van der Waals surface area contributed by atoms with E-state index in [4.69, 9.17) is 4.98 Å². The summed E-state index contributed by atoms with van der Waals surface area (Å²) in [4.78, 5) is 7.37. The van der Waals surface area contributed by atoms with Crippen molar-refractivity contribution in [2.75, 3.05) is 18.0 Å². The number of unbranched alkanes of at least 4 members (excludes halogenated alkanes) is 1. The van der Waals surface area contributed by atoms with Crippen molar-refractivity contribution >= 4 is 11.5 Å². The third-order valence-electron chi connectivity index (χ3n) is 5.16. The van der Waals surface area contributed by atoms with Crippen molar-refractivity contribution in [2.45, 2.75) is 54.4 Å². The molecule has 0 fully saturated rings. The summed E-state index contributed by atoms with van der Waals surface area (Å²) in [6.45, 7) is 15.2. The van der Waals surface area contributed by atoms with Gasteiger partial charge in [-0.15, -0.1) is 0 Å². The average Bonchev–Trinajstić information content (AvgIpc) is 2.98. The molecule has 3 heteroatoms. The summed E-state index contributed by atoms with van der Waals surface area (Å²) < 4.78 is 2.26. The standard InChI is InChI=1S/C23H31N3/c1-7-9-11-25(8-2)21-15-19(6)24-23-20(10-12-26(21)23)22-17(4)13-16(3)14-18(22)5/h10,12-15H,7-9,11H2,1-6H3. The zero-order chi connectivity index (χ0) is 18.8. The Morgan fingerprint density at radius 1 is 1.00 bits per heavy atom. The predicted molar refractivity (Wildman–Crippen MR) is 112 cm³/mol. The van der Waals surface area contributed by atoms with E-state index in [1.165, 1.54) is 46.5 Å². The van der Waals surface area contributed by atoms with Gasteiger partial charge in [0.2, 0.25) is 0 Å². The van der Waals surface area contributed by atoms with Crippen LogP contribution in [0.5, 0.6) is 0 Å². The van der Waals surface area contributed by atoms with Gasteiger partial charge in [-0.2, -0.15) is 0 Å². The van der Waals surface area contributed by atoms with E-state index in [1.54, 1.807) is 0 Å². The predicted octanol–water partition coefficient (Wildman–Crippen LogP) is 5.86. The van der Waals surface area contributed by atoms with Gasteiger partial charge in [-0.3, -0.25) is 4.40 Å². The first-order chi connectivity index (χ1) is 12.5. The highest BCUT2D eigenvalue weighted by atomic mass is 15.2. The van der Waals surface area contributed by atoms with Gasteiger partial charge < -0.3 is 4.90 Å². The summed E-state index contributed by atoms with van der Waals surface area (Å²) in [5.74, 6) is 1.25. The number of benzene rings is 1. The van der Waals surface area contributed by atoms with Gasteiger partial charge in [-0.1, -0.05) is 31.0 Å². The van der Waals surface area contributed by atoms with Crippen molar-refractivity contribution in [3.8, 4) is 11.1 Å².